The third-order valence-electron chi connectivity index (χ3n) is 11.8. The summed E-state index contributed by atoms with van der Waals surface area (Å²) in [6.45, 7) is 12.9. The van der Waals surface area contributed by atoms with Crippen molar-refractivity contribution in [1.82, 2.24) is 33.7 Å². The van der Waals surface area contributed by atoms with E-state index in [4.69, 9.17) is 9.47 Å². The van der Waals surface area contributed by atoms with Crippen LogP contribution in [0.15, 0.2) is 30.7 Å². The number of benzene rings is 1. The number of likely N-dealkylation sites (tertiary alicyclic amines) is 1. The number of piperazine rings is 1. The van der Waals surface area contributed by atoms with E-state index in [1.807, 2.05) is 20.8 Å². The Balaban J connectivity index is 0.943. The number of rotatable bonds is 11. The van der Waals surface area contributed by atoms with Crippen LogP contribution in [-0.4, -0.2) is 139 Å². The lowest BCUT2D eigenvalue weighted by Gasteiger charge is -2.55. The van der Waals surface area contributed by atoms with Gasteiger partial charge in [0.15, 0.2) is 11.6 Å². The molecule has 5 aliphatic heterocycles. The maximum absolute atomic E-state index is 14.3. The molecule has 2 atom stereocenters. The summed E-state index contributed by atoms with van der Waals surface area (Å²) < 4.78 is 57.0. The summed E-state index contributed by atoms with van der Waals surface area (Å²) in [6, 6.07) is 4.33. The van der Waals surface area contributed by atoms with E-state index >= 15 is 0 Å². The second-order valence-electron chi connectivity index (χ2n) is 15.1. The van der Waals surface area contributed by atoms with Crippen LogP contribution in [0.2, 0.25) is 0 Å². The highest BCUT2D eigenvalue weighted by molar-refractivity contribution is 7.86. The number of ether oxygens (including phenoxy) is 2. The van der Waals surface area contributed by atoms with Crippen LogP contribution in [0, 0.1) is 11.2 Å². The topological polar surface area (TPSA) is 124 Å². The summed E-state index contributed by atoms with van der Waals surface area (Å²) in [5.41, 5.74) is -0.0268. The van der Waals surface area contributed by atoms with Gasteiger partial charge < -0.3 is 29.5 Å². The first-order valence-electron chi connectivity index (χ1n) is 18.1. The maximum Gasteiger partial charge on any atom is 0.282 e. The Morgan fingerprint density at radius 1 is 1.12 bits per heavy atom. The highest BCUT2D eigenvalue weighted by atomic mass is 32.2. The van der Waals surface area contributed by atoms with Gasteiger partial charge in [0.25, 0.3) is 16.1 Å². The van der Waals surface area contributed by atoms with Gasteiger partial charge in [0.1, 0.15) is 17.9 Å². The largest absolute Gasteiger partial charge is 0.451 e. The summed E-state index contributed by atoms with van der Waals surface area (Å²) in [7, 11) is -1.69. The molecule has 1 aromatic carbocycles. The molecule has 2 aromatic rings. The molecule has 1 spiro atoms. The number of methoxy groups -OCH3 is 1. The van der Waals surface area contributed by atoms with Gasteiger partial charge in [-0.2, -0.15) is 17.0 Å². The molecular weight excluding hydrogens is 664 g/mol. The fraction of sp³-hybridized carbons (Fsp3) is 0.686. The van der Waals surface area contributed by atoms with Crippen LogP contribution in [-0.2, 0) is 14.9 Å². The Labute approximate surface area is 295 Å². The predicted octanol–water partition coefficient (Wildman–Crippen LogP) is 2.95. The first kappa shape index (κ1) is 35.5. The van der Waals surface area contributed by atoms with Gasteiger partial charge in [-0.1, -0.05) is 0 Å². The number of nitrogens with zero attached hydrogens (tertiary/aromatic N) is 7. The van der Waals surface area contributed by atoms with Gasteiger partial charge in [-0.05, 0) is 84.2 Å². The van der Waals surface area contributed by atoms with Gasteiger partial charge >= 0.3 is 0 Å². The second-order valence-corrected chi connectivity index (χ2v) is 17.0. The summed E-state index contributed by atoms with van der Waals surface area (Å²) in [5.74, 6) is 0.564. The van der Waals surface area contributed by atoms with Crippen molar-refractivity contribution in [1.29, 1.82) is 0 Å². The van der Waals surface area contributed by atoms with Crippen molar-refractivity contribution < 1.29 is 27.1 Å². The van der Waals surface area contributed by atoms with E-state index in [1.54, 1.807) is 26.8 Å². The number of hydrogen-bond donors (Lipinski definition) is 1. The number of carbonyl (C=O) groups is 1. The molecule has 7 rings (SSSR count). The molecule has 13 nitrogen and oxygen atoms in total. The predicted molar refractivity (Wildman–Crippen MR) is 187 cm³/mol. The lowest BCUT2D eigenvalue weighted by atomic mass is 9.71. The standard InChI is InChI=1S/C35H51FN8O5S/c1-5-43(25(2)3)33(45)29-16-26(36)6-7-30(29)49-31-19-37-24-39-32(31)41-21-34(22-41)8-12-40(13-9-34)23-35(48-4)10-14-42(15-11-35)50(46,47)44-20-27-17-28(44)18-38-27/h6-7,16,19,24-25,27-28,38H,5,8-15,17-18,20-23H2,1-4H3/t27-,28-/m0/s1. The number of fused-ring (bicyclic) bond motifs is 2. The van der Waals surface area contributed by atoms with Gasteiger partial charge in [-0.15, -0.1) is 0 Å². The van der Waals surface area contributed by atoms with E-state index in [0.717, 1.165) is 58.5 Å². The molecular formula is C35H51FN8O5S. The number of hydrogen-bond acceptors (Lipinski definition) is 10. The van der Waals surface area contributed by atoms with Crippen molar-refractivity contribution in [3.05, 3.63) is 42.1 Å². The van der Waals surface area contributed by atoms with Gasteiger partial charge in [-0.25, -0.2) is 14.4 Å². The molecule has 0 aliphatic carbocycles. The third-order valence-corrected chi connectivity index (χ3v) is 13.8. The number of amides is 1. The fourth-order valence-electron chi connectivity index (χ4n) is 8.72. The average Bonchev–Trinajstić information content (AvgIpc) is 3.74. The van der Waals surface area contributed by atoms with Crippen LogP contribution in [0.25, 0.3) is 0 Å². The zero-order valence-electron chi connectivity index (χ0n) is 29.7. The number of carbonyl (C=O) groups excluding carboxylic acids is 1. The molecule has 5 fully saturated rings. The van der Waals surface area contributed by atoms with E-state index < -0.39 is 16.0 Å². The fourth-order valence-corrected chi connectivity index (χ4v) is 10.6. The molecule has 1 amide bonds. The second kappa shape index (κ2) is 13.9. The molecule has 0 radical (unpaired) electrons. The zero-order valence-corrected chi connectivity index (χ0v) is 30.5. The van der Waals surface area contributed by atoms with Crippen molar-refractivity contribution in [3.8, 4) is 11.5 Å². The van der Waals surface area contributed by atoms with Crippen molar-refractivity contribution in [2.75, 3.05) is 77.5 Å². The summed E-state index contributed by atoms with van der Waals surface area (Å²) >= 11 is 0. The molecule has 0 saturated carbocycles. The zero-order chi connectivity index (χ0) is 35.3. The maximum atomic E-state index is 14.3. The van der Waals surface area contributed by atoms with Crippen LogP contribution < -0.4 is 15.0 Å². The summed E-state index contributed by atoms with van der Waals surface area (Å²) in [6.07, 6.45) is 7.45. The van der Waals surface area contributed by atoms with Crippen molar-refractivity contribution in [2.24, 2.45) is 5.41 Å². The molecule has 5 aliphatic rings. The lowest BCUT2D eigenvalue weighted by molar-refractivity contribution is -0.0765. The first-order chi connectivity index (χ1) is 23.9. The Kier molecular flexibility index (Phi) is 9.84. The number of piperidine rings is 2. The molecule has 5 saturated heterocycles. The van der Waals surface area contributed by atoms with Crippen LogP contribution in [0.1, 0.15) is 63.2 Å². The van der Waals surface area contributed by atoms with E-state index in [9.17, 15) is 17.6 Å². The number of anilines is 1. The molecule has 15 heteroatoms. The molecule has 1 aromatic heterocycles. The number of nitrogens with one attached hydrogen (secondary N) is 1. The van der Waals surface area contributed by atoms with Crippen LogP contribution in [0.3, 0.4) is 0 Å². The molecule has 1 N–H and O–H groups in total. The van der Waals surface area contributed by atoms with Crippen LogP contribution in [0.4, 0.5) is 10.2 Å². The van der Waals surface area contributed by atoms with E-state index in [-0.39, 0.29) is 46.4 Å². The minimum atomic E-state index is -3.46. The summed E-state index contributed by atoms with van der Waals surface area (Å²) in [4.78, 5) is 28.5. The molecule has 2 bridgehead atoms. The van der Waals surface area contributed by atoms with Crippen molar-refractivity contribution in [3.63, 3.8) is 0 Å². The van der Waals surface area contributed by atoms with Crippen LogP contribution in [0.5, 0.6) is 11.5 Å². The Bertz CT molecular complexity index is 1660. The number of halogens is 1. The van der Waals surface area contributed by atoms with E-state index in [0.29, 0.717) is 50.6 Å². The summed E-state index contributed by atoms with van der Waals surface area (Å²) in [5, 5.41) is 3.39. The van der Waals surface area contributed by atoms with E-state index in [2.05, 4.69) is 25.1 Å². The van der Waals surface area contributed by atoms with Gasteiger partial charge in [0.2, 0.25) is 0 Å². The molecule has 6 heterocycles. The quantitative estimate of drug-likeness (QED) is 0.372. The van der Waals surface area contributed by atoms with Crippen molar-refractivity contribution in [2.45, 2.75) is 76.6 Å². The Hall–Kier alpha value is -2.95. The minimum absolute atomic E-state index is 0.0485. The van der Waals surface area contributed by atoms with Crippen molar-refractivity contribution >= 4 is 21.9 Å². The Morgan fingerprint density at radius 2 is 1.86 bits per heavy atom. The van der Waals surface area contributed by atoms with E-state index in [1.165, 1.54) is 24.5 Å². The first-order valence-corrected chi connectivity index (χ1v) is 19.5. The monoisotopic (exact) mass is 714 g/mol. The molecule has 50 heavy (non-hydrogen) atoms. The molecule has 274 valence electrons. The van der Waals surface area contributed by atoms with Gasteiger partial charge in [0, 0.05) is 83.0 Å². The highest BCUT2D eigenvalue weighted by Gasteiger charge is 2.50. The minimum Gasteiger partial charge on any atom is -0.451 e. The third kappa shape index (κ3) is 6.72. The number of aromatic nitrogens is 2. The normalized spacial score (nSPS) is 25.3. The molecule has 0 unspecified atom stereocenters. The smallest absolute Gasteiger partial charge is 0.282 e. The Morgan fingerprint density at radius 3 is 2.48 bits per heavy atom. The van der Waals surface area contributed by atoms with Crippen LogP contribution >= 0.6 is 0 Å². The average molecular weight is 715 g/mol. The highest BCUT2D eigenvalue weighted by Crippen LogP contribution is 2.45. The van der Waals surface area contributed by atoms with Gasteiger partial charge in [-0.3, -0.25) is 4.79 Å². The van der Waals surface area contributed by atoms with Gasteiger partial charge in [0.05, 0.1) is 17.4 Å². The lowest BCUT2D eigenvalue weighted by Crippen LogP contribution is -2.62. The SMILES string of the molecule is CCN(C(=O)c1cc(F)ccc1Oc1cncnc1N1CC2(CCN(CC3(OC)CCN(S(=O)(=O)N4C[C@@H]5C[C@H]4CN5)CC3)CC2)C1)C(C)C.